The number of carbonyl (C=O) groups is 1. The number of rotatable bonds is 8. The number of nitrogens with one attached hydrogen (secondary N) is 1. The molecule has 9 heteroatoms. The van der Waals surface area contributed by atoms with Crippen molar-refractivity contribution in [3.05, 3.63) is 126 Å². The molecule has 0 atom stereocenters. The molecule has 2 aromatic heterocycles. The van der Waals surface area contributed by atoms with Gasteiger partial charge in [-0.25, -0.2) is 8.78 Å². The van der Waals surface area contributed by atoms with Crippen LogP contribution in [0.15, 0.2) is 102 Å². The molecule has 37 heavy (non-hydrogen) atoms. The maximum atomic E-state index is 13.6. The normalized spacial score (nSPS) is 10.9. The first-order valence-corrected chi connectivity index (χ1v) is 12.4. The van der Waals surface area contributed by atoms with Gasteiger partial charge >= 0.3 is 0 Å². The molecular formula is C28H21F2N5OS. The minimum absolute atomic E-state index is 0.225. The Morgan fingerprint density at radius 3 is 2.32 bits per heavy atom. The van der Waals surface area contributed by atoms with E-state index < -0.39 is 0 Å². The Bertz CT molecular complexity index is 1510. The number of aromatic nitrogens is 4. The van der Waals surface area contributed by atoms with Crippen LogP contribution in [0.2, 0.25) is 0 Å². The summed E-state index contributed by atoms with van der Waals surface area (Å²) in [5.74, 6) is 0.142. The van der Waals surface area contributed by atoms with Gasteiger partial charge in [-0.3, -0.25) is 14.3 Å². The standard InChI is InChI=1S/C28H21F2N5OS/c29-22-9-7-19(8-10-22)16-32-27(36)25-6-2-1-4-21(25)18-37-28-34-33-26(20-5-3-15-31-17-20)35(28)24-13-11-23(30)12-14-24/h1-15,17H,16,18H2,(H,32,36). The van der Waals surface area contributed by atoms with E-state index in [1.165, 1.54) is 36.0 Å². The van der Waals surface area contributed by atoms with E-state index >= 15 is 0 Å². The zero-order valence-electron chi connectivity index (χ0n) is 19.5. The molecule has 0 radical (unpaired) electrons. The van der Waals surface area contributed by atoms with Crippen molar-refractivity contribution in [3.8, 4) is 17.1 Å². The van der Waals surface area contributed by atoms with Crippen molar-refractivity contribution in [1.29, 1.82) is 0 Å². The zero-order valence-corrected chi connectivity index (χ0v) is 20.3. The molecule has 0 aliphatic carbocycles. The van der Waals surface area contributed by atoms with Gasteiger partial charge in [-0.15, -0.1) is 10.2 Å². The third-order valence-electron chi connectivity index (χ3n) is 5.62. The van der Waals surface area contributed by atoms with Gasteiger partial charge in [0.25, 0.3) is 5.91 Å². The first-order valence-electron chi connectivity index (χ1n) is 11.4. The molecule has 0 unspecified atom stereocenters. The molecule has 5 rings (SSSR count). The van der Waals surface area contributed by atoms with Gasteiger partial charge in [0, 0.05) is 41.5 Å². The van der Waals surface area contributed by atoms with Crippen molar-refractivity contribution in [2.75, 3.05) is 0 Å². The van der Waals surface area contributed by atoms with Crippen molar-refractivity contribution in [2.45, 2.75) is 17.5 Å². The molecule has 184 valence electrons. The number of thioether (sulfide) groups is 1. The van der Waals surface area contributed by atoms with Gasteiger partial charge < -0.3 is 5.32 Å². The van der Waals surface area contributed by atoms with Crippen molar-refractivity contribution in [3.63, 3.8) is 0 Å². The number of nitrogens with zero attached hydrogens (tertiary/aromatic N) is 4. The third-order valence-corrected chi connectivity index (χ3v) is 6.60. The maximum absolute atomic E-state index is 13.6. The summed E-state index contributed by atoms with van der Waals surface area (Å²) in [6.45, 7) is 0.286. The zero-order chi connectivity index (χ0) is 25.6. The van der Waals surface area contributed by atoms with Gasteiger partial charge in [0.15, 0.2) is 11.0 Å². The second-order valence-corrected chi connectivity index (χ2v) is 9.06. The first-order chi connectivity index (χ1) is 18.1. The molecule has 0 aliphatic rings. The van der Waals surface area contributed by atoms with E-state index in [0.717, 1.165) is 16.7 Å². The summed E-state index contributed by atoms with van der Waals surface area (Å²) in [6.07, 6.45) is 3.37. The molecule has 0 fully saturated rings. The predicted molar refractivity (Wildman–Crippen MR) is 138 cm³/mol. The van der Waals surface area contributed by atoms with Crippen molar-refractivity contribution < 1.29 is 13.6 Å². The predicted octanol–water partition coefficient (Wildman–Crippen LogP) is 5.83. The molecule has 2 heterocycles. The van der Waals surface area contributed by atoms with Crippen molar-refractivity contribution >= 4 is 17.7 Å². The van der Waals surface area contributed by atoms with Crippen molar-refractivity contribution in [1.82, 2.24) is 25.1 Å². The number of benzene rings is 3. The number of carbonyl (C=O) groups excluding carboxylic acids is 1. The first kappa shape index (κ1) is 24.3. The van der Waals surface area contributed by atoms with Gasteiger partial charge in [-0.1, -0.05) is 42.1 Å². The smallest absolute Gasteiger partial charge is 0.251 e. The Morgan fingerprint density at radius 2 is 1.59 bits per heavy atom. The summed E-state index contributed by atoms with van der Waals surface area (Å²) in [6, 6.07) is 23.1. The monoisotopic (exact) mass is 513 g/mol. The minimum Gasteiger partial charge on any atom is -0.348 e. The Morgan fingerprint density at radius 1 is 0.865 bits per heavy atom. The van der Waals surface area contributed by atoms with E-state index in [4.69, 9.17) is 0 Å². The van der Waals surface area contributed by atoms with E-state index in [1.54, 1.807) is 42.7 Å². The van der Waals surface area contributed by atoms with Crippen LogP contribution in [-0.2, 0) is 12.3 Å². The SMILES string of the molecule is O=C(NCc1ccc(F)cc1)c1ccccc1CSc1nnc(-c2cccnc2)n1-c1ccc(F)cc1. The van der Waals surface area contributed by atoms with Gasteiger partial charge in [-0.2, -0.15) is 0 Å². The minimum atomic E-state index is -0.338. The molecule has 5 aromatic rings. The second-order valence-electron chi connectivity index (χ2n) is 8.11. The maximum Gasteiger partial charge on any atom is 0.251 e. The number of hydrogen-bond acceptors (Lipinski definition) is 5. The summed E-state index contributed by atoms with van der Waals surface area (Å²) in [5.41, 5.74) is 3.64. The second kappa shape index (κ2) is 11.1. The topological polar surface area (TPSA) is 72.7 Å². The lowest BCUT2D eigenvalue weighted by Crippen LogP contribution is -2.23. The van der Waals surface area contributed by atoms with Gasteiger partial charge in [0.05, 0.1) is 0 Å². The lowest BCUT2D eigenvalue weighted by atomic mass is 10.1. The highest BCUT2D eigenvalue weighted by molar-refractivity contribution is 7.98. The van der Waals surface area contributed by atoms with Gasteiger partial charge in [0.2, 0.25) is 0 Å². The van der Waals surface area contributed by atoms with E-state index in [2.05, 4.69) is 20.5 Å². The molecule has 6 nitrogen and oxygen atoms in total. The lowest BCUT2D eigenvalue weighted by Gasteiger charge is -2.12. The highest BCUT2D eigenvalue weighted by Gasteiger charge is 2.18. The third kappa shape index (κ3) is 5.73. The van der Waals surface area contributed by atoms with E-state index in [-0.39, 0.29) is 24.1 Å². The Hall–Kier alpha value is -4.37. The fourth-order valence-corrected chi connectivity index (χ4v) is 4.71. The molecule has 3 aromatic carbocycles. The van der Waals surface area contributed by atoms with Crippen molar-refractivity contribution in [2.24, 2.45) is 0 Å². The Labute approximate surface area is 216 Å². The molecule has 0 spiro atoms. The molecule has 1 N–H and O–H groups in total. The summed E-state index contributed by atoms with van der Waals surface area (Å²) in [4.78, 5) is 17.1. The molecule has 0 saturated carbocycles. The van der Waals surface area contributed by atoms with Crippen LogP contribution < -0.4 is 5.32 Å². The fraction of sp³-hybridized carbons (Fsp3) is 0.0714. The van der Waals surface area contributed by atoms with Gasteiger partial charge in [0.1, 0.15) is 11.6 Å². The van der Waals surface area contributed by atoms with E-state index in [9.17, 15) is 13.6 Å². The van der Waals surface area contributed by atoms with Crippen LogP contribution in [0.3, 0.4) is 0 Å². The van der Waals surface area contributed by atoms with Crippen LogP contribution in [0.25, 0.3) is 17.1 Å². The van der Waals surface area contributed by atoms with Crippen LogP contribution in [0.1, 0.15) is 21.5 Å². The summed E-state index contributed by atoms with van der Waals surface area (Å²) in [7, 11) is 0. The van der Waals surface area contributed by atoms with Crippen LogP contribution in [-0.4, -0.2) is 25.7 Å². The van der Waals surface area contributed by atoms with E-state index in [0.29, 0.717) is 28.0 Å². The average Bonchev–Trinajstić information content (AvgIpc) is 3.36. The van der Waals surface area contributed by atoms with Crippen LogP contribution in [0.5, 0.6) is 0 Å². The summed E-state index contributed by atoms with van der Waals surface area (Å²) < 4.78 is 28.6. The largest absolute Gasteiger partial charge is 0.348 e. The van der Waals surface area contributed by atoms with Gasteiger partial charge in [-0.05, 0) is 65.7 Å². The molecule has 0 saturated heterocycles. The molecule has 1 amide bonds. The molecule has 0 aliphatic heterocycles. The highest BCUT2D eigenvalue weighted by atomic mass is 32.2. The van der Waals surface area contributed by atoms with Crippen LogP contribution in [0, 0.1) is 11.6 Å². The lowest BCUT2D eigenvalue weighted by molar-refractivity contribution is 0.0950. The van der Waals surface area contributed by atoms with Crippen LogP contribution >= 0.6 is 11.8 Å². The van der Waals surface area contributed by atoms with E-state index in [1.807, 2.05) is 34.9 Å². The van der Waals surface area contributed by atoms with Crippen LogP contribution in [0.4, 0.5) is 8.78 Å². The Balaban J connectivity index is 1.38. The molecule has 0 bridgehead atoms. The Kier molecular flexibility index (Phi) is 7.32. The number of pyridine rings is 1. The summed E-state index contributed by atoms with van der Waals surface area (Å²) >= 11 is 1.42. The number of hydrogen-bond donors (Lipinski definition) is 1. The fourth-order valence-electron chi connectivity index (χ4n) is 3.76. The number of halogens is 2. The highest BCUT2D eigenvalue weighted by Crippen LogP contribution is 2.30. The number of amides is 1. The average molecular weight is 514 g/mol. The molecular weight excluding hydrogens is 492 g/mol. The quantitative estimate of drug-likeness (QED) is 0.264. The summed E-state index contributed by atoms with van der Waals surface area (Å²) in [5, 5.41) is 12.2.